The molecular weight excluding hydrogens is 314 g/mol. The third-order valence-electron chi connectivity index (χ3n) is 5.40. The smallest absolute Gasteiger partial charge is 0.323 e. The minimum Gasteiger partial charge on any atom is -0.324 e. The number of fused-ring (bicyclic) bond motifs is 1. The third kappa shape index (κ3) is 2.94. The average Bonchev–Trinajstić information content (AvgIpc) is 2.92. The van der Waals surface area contributed by atoms with E-state index < -0.39 is 9.84 Å². The summed E-state index contributed by atoms with van der Waals surface area (Å²) in [7, 11) is -2.89. The van der Waals surface area contributed by atoms with E-state index in [4.69, 9.17) is 0 Å². The van der Waals surface area contributed by atoms with Gasteiger partial charge in [0.05, 0.1) is 11.5 Å². The molecule has 23 heavy (non-hydrogen) atoms. The van der Waals surface area contributed by atoms with Crippen molar-refractivity contribution in [3.63, 3.8) is 0 Å². The SMILES string of the molecule is O=C(Nc1ccc(C2CCC2)cn1)N1C[C@@H]2CS(=O)(=O)C[C@@H]2C1. The highest BCUT2D eigenvalue weighted by molar-refractivity contribution is 7.91. The van der Waals surface area contributed by atoms with Crippen LogP contribution in [0.4, 0.5) is 10.6 Å². The van der Waals surface area contributed by atoms with Gasteiger partial charge in [-0.25, -0.2) is 18.2 Å². The first-order chi connectivity index (χ1) is 11.0. The summed E-state index contributed by atoms with van der Waals surface area (Å²) < 4.78 is 23.2. The maximum absolute atomic E-state index is 12.3. The Morgan fingerprint density at radius 1 is 1.17 bits per heavy atom. The molecule has 1 aromatic heterocycles. The number of nitrogens with zero attached hydrogens (tertiary/aromatic N) is 2. The van der Waals surface area contributed by atoms with Crippen LogP contribution < -0.4 is 5.32 Å². The van der Waals surface area contributed by atoms with Crippen LogP contribution in [-0.4, -0.2) is 48.9 Å². The molecule has 0 bridgehead atoms. The van der Waals surface area contributed by atoms with Crippen LogP contribution in [0.1, 0.15) is 30.7 Å². The molecule has 6 nitrogen and oxygen atoms in total. The van der Waals surface area contributed by atoms with Gasteiger partial charge in [-0.05, 0) is 42.2 Å². The number of hydrogen-bond acceptors (Lipinski definition) is 4. The van der Waals surface area contributed by atoms with Gasteiger partial charge in [0.2, 0.25) is 0 Å². The zero-order valence-electron chi connectivity index (χ0n) is 12.9. The van der Waals surface area contributed by atoms with E-state index in [1.165, 1.54) is 24.8 Å². The van der Waals surface area contributed by atoms with Crippen molar-refractivity contribution in [2.24, 2.45) is 11.8 Å². The minimum absolute atomic E-state index is 0.0969. The van der Waals surface area contributed by atoms with Crippen molar-refractivity contribution >= 4 is 21.7 Å². The lowest BCUT2D eigenvalue weighted by atomic mass is 9.81. The van der Waals surface area contributed by atoms with Crippen molar-refractivity contribution in [2.45, 2.75) is 25.2 Å². The van der Waals surface area contributed by atoms with Gasteiger partial charge in [0.1, 0.15) is 5.82 Å². The molecule has 1 aliphatic carbocycles. The Bertz CT molecular complexity index is 693. The molecule has 1 saturated carbocycles. The molecule has 124 valence electrons. The topological polar surface area (TPSA) is 79.4 Å². The molecule has 3 heterocycles. The summed E-state index contributed by atoms with van der Waals surface area (Å²) in [6.07, 6.45) is 5.60. The van der Waals surface area contributed by atoms with Crippen molar-refractivity contribution < 1.29 is 13.2 Å². The summed E-state index contributed by atoms with van der Waals surface area (Å²) >= 11 is 0. The van der Waals surface area contributed by atoms with Gasteiger partial charge >= 0.3 is 6.03 Å². The Hall–Kier alpha value is -1.63. The lowest BCUT2D eigenvalue weighted by Gasteiger charge is -2.25. The Morgan fingerprint density at radius 3 is 2.39 bits per heavy atom. The molecule has 1 aromatic rings. The van der Waals surface area contributed by atoms with Crippen molar-refractivity contribution in [1.29, 1.82) is 0 Å². The molecule has 3 aliphatic rings. The molecule has 0 spiro atoms. The first-order valence-electron chi connectivity index (χ1n) is 8.22. The van der Waals surface area contributed by atoms with Gasteiger partial charge in [0, 0.05) is 19.3 Å². The number of urea groups is 1. The number of aromatic nitrogens is 1. The number of amides is 2. The summed E-state index contributed by atoms with van der Waals surface area (Å²) in [4.78, 5) is 18.4. The normalized spacial score (nSPS) is 29.1. The number of anilines is 1. The number of carbonyl (C=O) groups excluding carboxylic acids is 1. The lowest BCUT2D eigenvalue weighted by Crippen LogP contribution is -2.35. The van der Waals surface area contributed by atoms with E-state index in [9.17, 15) is 13.2 Å². The summed E-state index contributed by atoms with van der Waals surface area (Å²) in [6.45, 7) is 1.05. The molecule has 2 amide bonds. The van der Waals surface area contributed by atoms with Gasteiger partial charge in [-0.15, -0.1) is 0 Å². The Labute approximate surface area is 136 Å². The van der Waals surface area contributed by atoms with E-state index in [-0.39, 0.29) is 29.4 Å². The van der Waals surface area contributed by atoms with Crippen molar-refractivity contribution in [2.75, 3.05) is 29.9 Å². The van der Waals surface area contributed by atoms with E-state index in [0.717, 1.165) is 0 Å². The van der Waals surface area contributed by atoms with Crippen LogP contribution >= 0.6 is 0 Å². The van der Waals surface area contributed by atoms with E-state index >= 15 is 0 Å². The van der Waals surface area contributed by atoms with Crippen LogP contribution in [0, 0.1) is 11.8 Å². The quantitative estimate of drug-likeness (QED) is 0.894. The van der Waals surface area contributed by atoms with Crippen molar-refractivity contribution in [3.8, 4) is 0 Å². The zero-order chi connectivity index (χ0) is 16.0. The molecule has 7 heteroatoms. The van der Waals surface area contributed by atoms with E-state index in [1.807, 2.05) is 18.3 Å². The molecule has 2 aliphatic heterocycles. The highest BCUT2D eigenvalue weighted by Crippen LogP contribution is 2.36. The summed E-state index contributed by atoms with van der Waals surface area (Å²) in [5.74, 6) is 1.82. The van der Waals surface area contributed by atoms with Crippen LogP contribution in [0.5, 0.6) is 0 Å². The van der Waals surface area contributed by atoms with Crippen LogP contribution in [0.2, 0.25) is 0 Å². The van der Waals surface area contributed by atoms with Crippen LogP contribution in [0.15, 0.2) is 18.3 Å². The van der Waals surface area contributed by atoms with Crippen molar-refractivity contribution in [3.05, 3.63) is 23.9 Å². The Kier molecular flexibility index (Phi) is 3.55. The van der Waals surface area contributed by atoms with E-state index in [1.54, 1.807) is 4.90 Å². The molecule has 2 saturated heterocycles. The number of hydrogen-bond donors (Lipinski definition) is 1. The Balaban J connectivity index is 1.35. The molecule has 2 atom stereocenters. The number of nitrogens with one attached hydrogen (secondary N) is 1. The van der Waals surface area contributed by atoms with Crippen molar-refractivity contribution in [1.82, 2.24) is 9.88 Å². The van der Waals surface area contributed by atoms with Gasteiger partial charge in [-0.2, -0.15) is 0 Å². The second-order valence-electron chi connectivity index (χ2n) is 7.04. The lowest BCUT2D eigenvalue weighted by molar-refractivity contribution is 0.220. The highest BCUT2D eigenvalue weighted by atomic mass is 32.2. The first-order valence-corrected chi connectivity index (χ1v) is 10.0. The second kappa shape index (κ2) is 5.47. The second-order valence-corrected chi connectivity index (χ2v) is 9.19. The molecule has 0 aromatic carbocycles. The summed E-state index contributed by atoms with van der Waals surface area (Å²) in [6, 6.07) is 3.71. The third-order valence-corrected chi connectivity index (χ3v) is 7.27. The Morgan fingerprint density at radius 2 is 1.87 bits per heavy atom. The molecular formula is C16H21N3O3S. The number of likely N-dealkylation sites (tertiary alicyclic amines) is 1. The number of carbonyl (C=O) groups is 1. The van der Waals surface area contributed by atoms with Gasteiger partial charge in [0.25, 0.3) is 0 Å². The summed E-state index contributed by atoms with van der Waals surface area (Å²) in [5, 5.41) is 2.82. The average molecular weight is 335 g/mol. The molecule has 1 N–H and O–H groups in total. The van der Waals surface area contributed by atoms with Gasteiger partial charge < -0.3 is 4.90 Å². The molecule has 3 fully saturated rings. The van der Waals surface area contributed by atoms with E-state index in [2.05, 4.69) is 10.3 Å². The van der Waals surface area contributed by atoms with Gasteiger partial charge in [-0.1, -0.05) is 12.5 Å². The first kappa shape index (κ1) is 14.9. The van der Waals surface area contributed by atoms with Crippen LogP contribution in [0.3, 0.4) is 0 Å². The zero-order valence-corrected chi connectivity index (χ0v) is 13.8. The fraction of sp³-hybridized carbons (Fsp3) is 0.625. The highest BCUT2D eigenvalue weighted by Gasteiger charge is 2.44. The maximum Gasteiger partial charge on any atom is 0.323 e. The number of sulfone groups is 1. The minimum atomic E-state index is -2.89. The van der Waals surface area contributed by atoms with Crippen LogP contribution in [0.25, 0.3) is 0 Å². The predicted molar refractivity (Wildman–Crippen MR) is 87.1 cm³/mol. The molecule has 0 radical (unpaired) electrons. The fourth-order valence-corrected chi connectivity index (χ4v) is 6.05. The summed E-state index contributed by atoms with van der Waals surface area (Å²) in [5.41, 5.74) is 1.25. The molecule has 0 unspecified atom stereocenters. The van der Waals surface area contributed by atoms with E-state index in [0.29, 0.717) is 24.8 Å². The maximum atomic E-state index is 12.3. The monoisotopic (exact) mass is 335 g/mol. The largest absolute Gasteiger partial charge is 0.324 e. The van der Waals surface area contributed by atoms with Gasteiger partial charge in [-0.3, -0.25) is 5.32 Å². The van der Waals surface area contributed by atoms with Crippen LogP contribution in [-0.2, 0) is 9.84 Å². The fourth-order valence-electron chi connectivity index (χ4n) is 3.85. The predicted octanol–water partition coefficient (Wildman–Crippen LogP) is 1.86. The number of pyridine rings is 1. The van der Waals surface area contributed by atoms with Gasteiger partial charge in [0.15, 0.2) is 9.84 Å². The number of rotatable bonds is 2. The standard InChI is InChI=1S/C16H21N3O3S/c20-16(19-7-13-9-23(21,22)10-14(13)8-19)18-15-5-4-12(6-17-15)11-2-1-3-11/h4-6,11,13-14H,1-3,7-10H2,(H,17,18,20)/t13-,14+. The molecule has 4 rings (SSSR count).